The van der Waals surface area contributed by atoms with E-state index < -0.39 is 0 Å². The van der Waals surface area contributed by atoms with Crippen molar-refractivity contribution >= 4 is 34.5 Å². The van der Waals surface area contributed by atoms with Gasteiger partial charge in [-0.15, -0.1) is 0 Å². The molecule has 1 aromatic carbocycles. The topological polar surface area (TPSA) is 114 Å². The Labute approximate surface area is 166 Å². The summed E-state index contributed by atoms with van der Waals surface area (Å²) in [6.07, 6.45) is 2.50. The molecule has 28 heavy (non-hydrogen) atoms. The number of hydrogen-bond donors (Lipinski definition) is 3. The molecule has 3 aromatic rings. The summed E-state index contributed by atoms with van der Waals surface area (Å²) in [5.41, 5.74) is 2.17. The molecular weight excluding hydrogens is 384 g/mol. The molecule has 2 aromatic heterocycles. The monoisotopic (exact) mass is 404 g/mol. The molecule has 0 aliphatic heterocycles. The van der Waals surface area contributed by atoms with Crippen LogP contribution in [0.2, 0.25) is 5.28 Å². The van der Waals surface area contributed by atoms with Crippen LogP contribution in [0.25, 0.3) is 11.2 Å². The van der Waals surface area contributed by atoms with Crippen molar-refractivity contribution in [3.05, 3.63) is 35.4 Å². The number of halogens is 1. The minimum atomic E-state index is -0.0611. The number of anilines is 1. The predicted octanol–water partition coefficient (Wildman–Crippen LogP) is 2.18. The number of nitrogens with one attached hydrogen (secondary N) is 3. The van der Waals surface area contributed by atoms with Gasteiger partial charge in [-0.25, -0.2) is 4.98 Å². The number of rotatable bonds is 9. The Bertz CT molecular complexity index is 962. The van der Waals surface area contributed by atoms with Crippen LogP contribution in [-0.2, 0) is 11.2 Å². The minimum absolute atomic E-state index is 0.0611. The molecule has 9 nitrogen and oxygen atoms in total. The molecule has 0 aliphatic carbocycles. The maximum absolute atomic E-state index is 12.1. The van der Waals surface area contributed by atoms with Gasteiger partial charge >= 0.3 is 0 Å². The van der Waals surface area contributed by atoms with Gasteiger partial charge in [-0.05, 0) is 35.7 Å². The van der Waals surface area contributed by atoms with E-state index >= 15 is 0 Å². The molecule has 10 heteroatoms. The molecule has 0 aliphatic rings. The number of hydrogen-bond acceptors (Lipinski definition) is 7. The molecule has 0 bridgehead atoms. The maximum Gasteiger partial charge on any atom is 0.226 e. The van der Waals surface area contributed by atoms with Crippen LogP contribution in [0.4, 0.5) is 5.82 Å². The molecule has 0 unspecified atom stereocenters. The molecule has 148 valence electrons. The molecule has 1 amide bonds. The van der Waals surface area contributed by atoms with Gasteiger partial charge in [0.1, 0.15) is 5.52 Å². The van der Waals surface area contributed by atoms with Gasteiger partial charge in [0.15, 0.2) is 23.0 Å². The molecule has 0 saturated carbocycles. The Morgan fingerprint density at radius 1 is 1.18 bits per heavy atom. The fraction of sp³-hybridized carbons (Fsp3) is 0.333. The number of amides is 1. The summed E-state index contributed by atoms with van der Waals surface area (Å²) in [6.45, 7) is 0.933. The lowest BCUT2D eigenvalue weighted by Crippen LogP contribution is -2.27. The normalized spacial score (nSPS) is 10.7. The van der Waals surface area contributed by atoms with E-state index in [-0.39, 0.29) is 11.2 Å². The molecule has 0 saturated heterocycles. The van der Waals surface area contributed by atoms with Gasteiger partial charge in [0.2, 0.25) is 11.2 Å². The van der Waals surface area contributed by atoms with Crippen molar-refractivity contribution < 1.29 is 14.3 Å². The van der Waals surface area contributed by atoms with Crippen molar-refractivity contribution in [2.75, 3.05) is 32.6 Å². The highest BCUT2D eigenvalue weighted by atomic mass is 35.5. The molecule has 3 N–H and O–H groups in total. The van der Waals surface area contributed by atoms with E-state index in [2.05, 4.69) is 30.6 Å². The average Bonchev–Trinajstić information content (AvgIpc) is 3.16. The van der Waals surface area contributed by atoms with Gasteiger partial charge < -0.3 is 25.1 Å². The van der Waals surface area contributed by atoms with E-state index in [0.717, 1.165) is 5.56 Å². The Morgan fingerprint density at radius 2 is 2.00 bits per heavy atom. The second-order valence-electron chi connectivity index (χ2n) is 5.91. The minimum Gasteiger partial charge on any atom is -0.493 e. The Morgan fingerprint density at radius 3 is 2.79 bits per heavy atom. The van der Waals surface area contributed by atoms with Crippen molar-refractivity contribution in [3.8, 4) is 11.5 Å². The quantitative estimate of drug-likeness (QED) is 0.468. The number of carbonyl (C=O) groups excluding carboxylic acids is 1. The highest BCUT2D eigenvalue weighted by Crippen LogP contribution is 2.27. The largest absolute Gasteiger partial charge is 0.493 e. The fourth-order valence-electron chi connectivity index (χ4n) is 2.70. The van der Waals surface area contributed by atoms with Crippen molar-refractivity contribution in [1.29, 1.82) is 0 Å². The first kappa shape index (κ1) is 19.7. The second-order valence-corrected chi connectivity index (χ2v) is 6.25. The smallest absolute Gasteiger partial charge is 0.226 e. The Kier molecular flexibility index (Phi) is 6.49. The molecule has 3 rings (SSSR count). The number of benzene rings is 1. The third kappa shape index (κ3) is 4.80. The van der Waals surface area contributed by atoms with E-state index in [1.54, 1.807) is 14.2 Å². The lowest BCUT2D eigenvalue weighted by atomic mass is 10.1. The van der Waals surface area contributed by atoms with Crippen LogP contribution in [0.1, 0.15) is 12.0 Å². The Balaban J connectivity index is 1.44. The van der Waals surface area contributed by atoms with E-state index in [0.29, 0.717) is 54.4 Å². The van der Waals surface area contributed by atoms with Gasteiger partial charge in [-0.1, -0.05) is 6.07 Å². The van der Waals surface area contributed by atoms with Gasteiger partial charge in [0.05, 0.1) is 20.5 Å². The second kappa shape index (κ2) is 9.23. The van der Waals surface area contributed by atoms with Crippen LogP contribution in [0.3, 0.4) is 0 Å². The lowest BCUT2D eigenvalue weighted by molar-refractivity contribution is -0.120. The zero-order chi connectivity index (χ0) is 19.9. The van der Waals surface area contributed by atoms with E-state index in [4.69, 9.17) is 21.1 Å². The zero-order valence-electron chi connectivity index (χ0n) is 15.6. The summed E-state index contributed by atoms with van der Waals surface area (Å²) in [5, 5.41) is 6.08. The number of fused-ring (bicyclic) bond motifs is 1. The standard InChI is InChI=1S/C18H21ClN6O3/c1-27-12-4-3-11(9-13(12)28-2)5-7-20-14(26)6-8-21-16-15-17(23-10-22-15)25-18(19)24-16/h3-4,9-10H,5-8H2,1-2H3,(H,20,26)(H2,21,22,23,24,25). The first-order chi connectivity index (χ1) is 13.6. The lowest BCUT2D eigenvalue weighted by Gasteiger charge is -2.10. The van der Waals surface area contributed by atoms with Crippen LogP contribution < -0.4 is 20.1 Å². The van der Waals surface area contributed by atoms with Gasteiger partial charge in [0.25, 0.3) is 0 Å². The van der Waals surface area contributed by atoms with Crippen LogP contribution in [0.15, 0.2) is 24.5 Å². The first-order valence-electron chi connectivity index (χ1n) is 8.69. The summed E-state index contributed by atoms with van der Waals surface area (Å²) >= 11 is 5.88. The summed E-state index contributed by atoms with van der Waals surface area (Å²) < 4.78 is 10.5. The van der Waals surface area contributed by atoms with Crippen molar-refractivity contribution in [1.82, 2.24) is 25.3 Å². The average molecular weight is 405 g/mol. The number of aromatic nitrogens is 4. The number of carbonyl (C=O) groups is 1. The summed E-state index contributed by atoms with van der Waals surface area (Å²) in [5.74, 6) is 1.81. The number of aromatic amines is 1. The van der Waals surface area contributed by atoms with Gasteiger partial charge in [-0.2, -0.15) is 9.97 Å². The van der Waals surface area contributed by atoms with Crippen molar-refractivity contribution in [2.24, 2.45) is 0 Å². The van der Waals surface area contributed by atoms with E-state index in [1.165, 1.54) is 6.33 Å². The highest BCUT2D eigenvalue weighted by Gasteiger charge is 2.09. The number of ether oxygens (including phenoxy) is 2. The molecule has 0 atom stereocenters. The van der Waals surface area contributed by atoms with Crippen molar-refractivity contribution in [2.45, 2.75) is 12.8 Å². The Hall–Kier alpha value is -3.07. The molecule has 0 radical (unpaired) electrons. The predicted molar refractivity (Wildman–Crippen MR) is 106 cm³/mol. The first-order valence-corrected chi connectivity index (χ1v) is 9.06. The number of nitrogens with zero attached hydrogens (tertiary/aromatic N) is 3. The summed E-state index contributed by atoms with van der Waals surface area (Å²) in [7, 11) is 3.19. The summed E-state index contributed by atoms with van der Waals surface area (Å²) in [4.78, 5) is 27.2. The van der Waals surface area contributed by atoms with E-state index in [9.17, 15) is 4.79 Å². The van der Waals surface area contributed by atoms with Crippen LogP contribution >= 0.6 is 11.6 Å². The number of methoxy groups -OCH3 is 2. The van der Waals surface area contributed by atoms with Gasteiger partial charge in [0, 0.05) is 19.5 Å². The zero-order valence-corrected chi connectivity index (χ0v) is 16.3. The fourth-order valence-corrected chi connectivity index (χ4v) is 2.86. The molecule has 2 heterocycles. The van der Waals surface area contributed by atoms with Gasteiger partial charge in [-0.3, -0.25) is 4.79 Å². The third-order valence-corrected chi connectivity index (χ3v) is 4.26. The molecule has 0 spiro atoms. The number of H-pyrrole nitrogens is 1. The van der Waals surface area contributed by atoms with Crippen LogP contribution in [0, 0.1) is 0 Å². The van der Waals surface area contributed by atoms with Crippen LogP contribution in [-0.4, -0.2) is 53.2 Å². The third-order valence-electron chi connectivity index (χ3n) is 4.09. The molecular formula is C18H21ClN6O3. The molecule has 0 fully saturated rings. The van der Waals surface area contributed by atoms with Crippen LogP contribution in [0.5, 0.6) is 11.5 Å². The van der Waals surface area contributed by atoms with Crippen molar-refractivity contribution in [3.63, 3.8) is 0 Å². The SMILES string of the molecule is COc1ccc(CCNC(=O)CCNc2nc(Cl)nc3nc[nH]c23)cc1OC. The van der Waals surface area contributed by atoms with E-state index in [1.807, 2.05) is 18.2 Å². The maximum atomic E-state index is 12.1. The number of imidazole rings is 1. The summed E-state index contributed by atoms with van der Waals surface area (Å²) in [6, 6.07) is 5.70. The highest BCUT2D eigenvalue weighted by molar-refractivity contribution is 6.28.